The summed E-state index contributed by atoms with van der Waals surface area (Å²) in [5.74, 6) is -0.0931. The van der Waals surface area contributed by atoms with Crippen molar-refractivity contribution in [1.29, 1.82) is 5.26 Å². The van der Waals surface area contributed by atoms with Crippen molar-refractivity contribution in [1.82, 2.24) is 0 Å². The maximum absolute atomic E-state index is 12.6. The number of carbonyl (C=O) groups excluding carboxylic acids is 2. The van der Waals surface area contributed by atoms with Crippen LogP contribution in [0.3, 0.4) is 0 Å². The maximum Gasteiger partial charge on any atom is 0.344 e. The monoisotopic (exact) mass is 444 g/mol. The normalized spacial score (nSPS) is 10.6. The van der Waals surface area contributed by atoms with Crippen molar-refractivity contribution in [2.45, 2.75) is 6.92 Å². The largest absolute Gasteiger partial charge is 0.495 e. The molecule has 0 saturated heterocycles. The highest BCUT2D eigenvalue weighted by molar-refractivity contribution is 6.31. The molecule has 8 nitrogen and oxygen atoms in total. The van der Waals surface area contributed by atoms with Gasteiger partial charge in [0.25, 0.3) is 5.91 Å². The summed E-state index contributed by atoms with van der Waals surface area (Å²) in [6, 6.07) is 11.4. The molecule has 2 aromatic carbocycles. The van der Waals surface area contributed by atoms with Crippen LogP contribution in [0.15, 0.2) is 42.0 Å². The van der Waals surface area contributed by atoms with E-state index in [1.165, 1.54) is 26.4 Å². The maximum atomic E-state index is 12.6. The van der Waals surface area contributed by atoms with Gasteiger partial charge in [0.15, 0.2) is 18.1 Å². The van der Waals surface area contributed by atoms with Crippen LogP contribution < -0.4 is 19.5 Å². The molecule has 0 fully saturated rings. The van der Waals surface area contributed by atoms with Gasteiger partial charge in [-0.15, -0.1) is 0 Å². The molecule has 162 valence electrons. The number of halogens is 1. The van der Waals surface area contributed by atoms with Crippen LogP contribution >= 0.6 is 11.6 Å². The highest BCUT2D eigenvalue weighted by Crippen LogP contribution is 2.30. The van der Waals surface area contributed by atoms with Crippen molar-refractivity contribution in [3.8, 4) is 23.3 Å². The van der Waals surface area contributed by atoms with Crippen molar-refractivity contribution in [2.24, 2.45) is 0 Å². The van der Waals surface area contributed by atoms with Gasteiger partial charge in [-0.1, -0.05) is 17.7 Å². The third-order valence-electron chi connectivity index (χ3n) is 3.92. The number of methoxy groups -OCH3 is 2. The van der Waals surface area contributed by atoms with Gasteiger partial charge >= 0.3 is 5.97 Å². The number of nitrogens with one attached hydrogen (secondary N) is 1. The summed E-state index contributed by atoms with van der Waals surface area (Å²) in [7, 11) is 2.89. The van der Waals surface area contributed by atoms with E-state index in [2.05, 4.69) is 5.32 Å². The van der Waals surface area contributed by atoms with Crippen molar-refractivity contribution >= 4 is 35.2 Å². The molecule has 0 bridgehead atoms. The zero-order valence-electron chi connectivity index (χ0n) is 17.2. The molecule has 0 aromatic heterocycles. The molecule has 0 heterocycles. The Morgan fingerprint density at radius 1 is 1.10 bits per heavy atom. The summed E-state index contributed by atoms with van der Waals surface area (Å²) in [6.45, 7) is 1.68. The Hall–Kier alpha value is -3.70. The topological polar surface area (TPSA) is 107 Å². The minimum atomic E-state index is -0.635. The number of benzene rings is 2. The number of ether oxygens (including phenoxy) is 4. The second-order valence-corrected chi connectivity index (χ2v) is 6.41. The van der Waals surface area contributed by atoms with Gasteiger partial charge in [0.05, 0.1) is 26.5 Å². The van der Waals surface area contributed by atoms with Gasteiger partial charge in [0.2, 0.25) is 0 Å². The van der Waals surface area contributed by atoms with E-state index in [1.54, 1.807) is 37.3 Å². The number of rotatable bonds is 9. The minimum absolute atomic E-state index is 0.149. The number of carbonyl (C=O) groups is 2. The Morgan fingerprint density at radius 2 is 1.81 bits per heavy atom. The van der Waals surface area contributed by atoms with Gasteiger partial charge in [-0.3, -0.25) is 4.79 Å². The standard InChI is InChI=1S/C22H21ClN2O6/c1-4-30-21(26)13-31-19-7-5-14(10-20(19)29-3)9-15(12-24)22(27)25-17-11-16(23)6-8-18(17)28-2/h5-11H,4,13H2,1-3H3,(H,25,27)/b15-9+. The molecule has 2 aromatic rings. The minimum Gasteiger partial charge on any atom is -0.495 e. The van der Waals surface area contributed by atoms with Gasteiger partial charge in [-0.25, -0.2) is 4.79 Å². The van der Waals surface area contributed by atoms with Crippen molar-refractivity contribution in [2.75, 3.05) is 32.8 Å². The molecule has 0 radical (unpaired) electrons. The lowest BCUT2D eigenvalue weighted by molar-refractivity contribution is -0.145. The lowest BCUT2D eigenvalue weighted by atomic mass is 10.1. The second-order valence-electron chi connectivity index (χ2n) is 5.97. The number of hydrogen-bond donors (Lipinski definition) is 1. The lowest BCUT2D eigenvalue weighted by Crippen LogP contribution is -2.15. The van der Waals surface area contributed by atoms with Crippen LogP contribution in [-0.4, -0.2) is 39.3 Å². The molecular formula is C22H21ClN2O6. The first-order chi connectivity index (χ1) is 14.9. The number of nitrogens with zero attached hydrogens (tertiary/aromatic N) is 1. The highest BCUT2D eigenvalue weighted by Gasteiger charge is 2.14. The fourth-order valence-corrected chi connectivity index (χ4v) is 2.69. The summed E-state index contributed by atoms with van der Waals surface area (Å²) in [6.07, 6.45) is 1.39. The quantitative estimate of drug-likeness (QED) is 0.355. The third-order valence-corrected chi connectivity index (χ3v) is 4.16. The van der Waals surface area contributed by atoms with Crippen LogP contribution in [0.1, 0.15) is 12.5 Å². The molecule has 9 heteroatoms. The number of amides is 1. The van der Waals surface area contributed by atoms with E-state index in [4.69, 9.17) is 30.5 Å². The molecule has 0 spiro atoms. The zero-order valence-corrected chi connectivity index (χ0v) is 18.0. The van der Waals surface area contributed by atoms with E-state index in [9.17, 15) is 14.9 Å². The summed E-state index contributed by atoms with van der Waals surface area (Å²) in [4.78, 5) is 24.0. The molecule has 31 heavy (non-hydrogen) atoms. The SMILES string of the molecule is CCOC(=O)COc1ccc(/C=C(\C#N)C(=O)Nc2cc(Cl)ccc2OC)cc1OC. The van der Waals surface area contributed by atoms with E-state index < -0.39 is 11.9 Å². The molecule has 0 unspecified atom stereocenters. The summed E-state index contributed by atoms with van der Waals surface area (Å²) in [5.41, 5.74) is 0.704. The predicted octanol–water partition coefficient (Wildman–Crippen LogP) is 3.84. The molecule has 0 aliphatic carbocycles. The van der Waals surface area contributed by atoms with Crippen LogP contribution in [0.5, 0.6) is 17.2 Å². The number of nitriles is 1. The third kappa shape index (κ3) is 6.66. The molecule has 0 saturated carbocycles. The fourth-order valence-electron chi connectivity index (χ4n) is 2.52. The van der Waals surface area contributed by atoms with Gasteiger partial charge in [0, 0.05) is 5.02 Å². The molecule has 1 amide bonds. The van der Waals surface area contributed by atoms with Crippen molar-refractivity contribution in [3.63, 3.8) is 0 Å². The molecular weight excluding hydrogens is 424 g/mol. The smallest absolute Gasteiger partial charge is 0.344 e. The molecule has 1 N–H and O–H groups in total. The first kappa shape index (κ1) is 23.6. The van der Waals surface area contributed by atoms with Crippen molar-refractivity contribution in [3.05, 3.63) is 52.6 Å². The van der Waals surface area contributed by atoms with Gasteiger partial charge in [-0.2, -0.15) is 5.26 Å². The number of esters is 1. The van der Waals surface area contributed by atoms with Crippen LogP contribution in [0.25, 0.3) is 6.08 Å². The van der Waals surface area contributed by atoms with E-state index in [0.717, 1.165) is 0 Å². The van der Waals surface area contributed by atoms with E-state index >= 15 is 0 Å². The average molecular weight is 445 g/mol. The van der Waals surface area contributed by atoms with Crippen LogP contribution in [-0.2, 0) is 14.3 Å². The molecule has 0 aliphatic heterocycles. The van der Waals surface area contributed by atoms with E-state index in [1.807, 2.05) is 6.07 Å². The fraction of sp³-hybridized carbons (Fsp3) is 0.227. The molecule has 0 aliphatic rings. The van der Waals surface area contributed by atoms with Gasteiger partial charge < -0.3 is 24.3 Å². The van der Waals surface area contributed by atoms with Crippen LogP contribution in [0.4, 0.5) is 5.69 Å². The Labute approximate surface area is 184 Å². The second kappa shape index (κ2) is 11.5. The van der Waals surface area contributed by atoms with E-state index in [0.29, 0.717) is 33.5 Å². The summed E-state index contributed by atoms with van der Waals surface area (Å²) < 4.78 is 20.7. The number of hydrogen-bond acceptors (Lipinski definition) is 7. The van der Waals surface area contributed by atoms with Gasteiger partial charge in [0.1, 0.15) is 17.4 Å². The van der Waals surface area contributed by atoms with E-state index in [-0.39, 0.29) is 18.8 Å². The number of anilines is 1. The predicted molar refractivity (Wildman–Crippen MR) is 115 cm³/mol. The lowest BCUT2D eigenvalue weighted by Gasteiger charge is -2.11. The summed E-state index contributed by atoms with van der Waals surface area (Å²) >= 11 is 5.97. The Kier molecular flexibility index (Phi) is 8.73. The van der Waals surface area contributed by atoms with Gasteiger partial charge in [-0.05, 0) is 48.9 Å². The Morgan fingerprint density at radius 3 is 2.45 bits per heavy atom. The van der Waals surface area contributed by atoms with Crippen LogP contribution in [0.2, 0.25) is 5.02 Å². The van der Waals surface area contributed by atoms with Crippen molar-refractivity contribution < 1.29 is 28.5 Å². The Bertz CT molecular complexity index is 1030. The molecule has 0 atom stereocenters. The highest BCUT2D eigenvalue weighted by atomic mass is 35.5. The zero-order chi connectivity index (χ0) is 22.8. The Balaban J connectivity index is 2.21. The van der Waals surface area contributed by atoms with Crippen LogP contribution in [0, 0.1) is 11.3 Å². The molecule has 2 rings (SSSR count). The summed E-state index contributed by atoms with van der Waals surface area (Å²) in [5, 5.41) is 12.5. The average Bonchev–Trinajstić information content (AvgIpc) is 2.76. The first-order valence-corrected chi connectivity index (χ1v) is 9.52. The first-order valence-electron chi connectivity index (χ1n) is 9.15.